The van der Waals surface area contributed by atoms with Crippen molar-refractivity contribution < 1.29 is 14.8 Å². The van der Waals surface area contributed by atoms with E-state index >= 15 is 0 Å². The van der Waals surface area contributed by atoms with Crippen molar-refractivity contribution in [2.45, 2.75) is 0 Å². The van der Waals surface area contributed by atoms with E-state index in [-0.39, 0.29) is 0 Å². The van der Waals surface area contributed by atoms with Gasteiger partial charge in [-0.25, -0.2) is 4.98 Å². The molecule has 1 fully saturated rings. The van der Waals surface area contributed by atoms with Crippen LogP contribution in [0.1, 0.15) is 0 Å². The van der Waals surface area contributed by atoms with Crippen molar-refractivity contribution in [1.82, 2.24) is 4.98 Å². The van der Waals surface area contributed by atoms with Crippen molar-refractivity contribution in [3.8, 4) is 0 Å². The average molecular weight is 287 g/mol. The molecule has 0 aliphatic carbocycles. The second kappa shape index (κ2) is 5.14. The topological polar surface area (TPSA) is 65.8 Å². The van der Waals surface area contributed by atoms with Gasteiger partial charge in [-0.15, -0.1) is 0 Å². The SMILES string of the molecule is OB(O)c1cnc(N2CCOCC2)c(Br)c1. The van der Waals surface area contributed by atoms with E-state index in [4.69, 9.17) is 14.8 Å². The molecule has 1 saturated heterocycles. The summed E-state index contributed by atoms with van der Waals surface area (Å²) in [4.78, 5) is 6.32. The van der Waals surface area contributed by atoms with Crippen LogP contribution in [0.5, 0.6) is 0 Å². The van der Waals surface area contributed by atoms with Crippen molar-refractivity contribution >= 4 is 34.3 Å². The van der Waals surface area contributed by atoms with E-state index in [1.54, 1.807) is 6.07 Å². The van der Waals surface area contributed by atoms with E-state index in [2.05, 4.69) is 25.8 Å². The molecule has 2 N–H and O–H groups in total. The van der Waals surface area contributed by atoms with Crippen LogP contribution >= 0.6 is 15.9 Å². The summed E-state index contributed by atoms with van der Waals surface area (Å²) in [5, 5.41) is 18.0. The molecule has 1 aromatic heterocycles. The van der Waals surface area contributed by atoms with Gasteiger partial charge < -0.3 is 19.7 Å². The first-order valence-electron chi connectivity index (χ1n) is 5.03. The van der Waals surface area contributed by atoms with E-state index in [9.17, 15) is 0 Å². The van der Waals surface area contributed by atoms with Crippen LogP contribution in [-0.2, 0) is 4.74 Å². The highest BCUT2D eigenvalue weighted by atomic mass is 79.9. The predicted octanol–water partition coefficient (Wildman–Crippen LogP) is -0.640. The van der Waals surface area contributed by atoms with E-state index < -0.39 is 7.12 Å². The summed E-state index contributed by atoms with van der Waals surface area (Å²) < 4.78 is 6.02. The normalized spacial score (nSPS) is 16.3. The number of pyridine rings is 1. The number of rotatable bonds is 2. The van der Waals surface area contributed by atoms with E-state index in [1.165, 1.54) is 6.20 Å². The molecule has 1 aromatic rings. The van der Waals surface area contributed by atoms with Crippen LogP contribution in [0.15, 0.2) is 16.7 Å². The summed E-state index contributed by atoms with van der Waals surface area (Å²) >= 11 is 3.38. The molecule has 0 spiro atoms. The quantitative estimate of drug-likeness (QED) is 0.708. The minimum Gasteiger partial charge on any atom is -0.423 e. The molecule has 0 bridgehead atoms. The molecule has 86 valence electrons. The highest BCUT2D eigenvalue weighted by Crippen LogP contribution is 2.22. The molecule has 0 atom stereocenters. The zero-order chi connectivity index (χ0) is 11.5. The van der Waals surface area contributed by atoms with Gasteiger partial charge >= 0.3 is 7.12 Å². The van der Waals surface area contributed by atoms with Crippen molar-refractivity contribution in [2.24, 2.45) is 0 Å². The third-order valence-corrected chi connectivity index (χ3v) is 3.04. The summed E-state index contributed by atoms with van der Waals surface area (Å²) in [7, 11) is -1.48. The molecular formula is C9H12BBrN2O3. The molecule has 0 radical (unpaired) electrons. The van der Waals surface area contributed by atoms with Gasteiger partial charge in [0, 0.05) is 24.7 Å². The molecule has 16 heavy (non-hydrogen) atoms. The van der Waals surface area contributed by atoms with Gasteiger partial charge in [-0.05, 0) is 22.0 Å². The first kappa shape index (κ1) is 11.8. The summed E-state index contributed by atoms with van der Waals surface area (Å²) in [5.74, 6) is 0.813. The van der Waals surface area contributed by atoms with Gasteiger partial charge in [0.05, 0.1) is 17.7 Å². The van der Waals surface area contributed by atoms with Crippen LogP contribution < -0.4 is 10.4 Å². The molecule has 1 aliphatic rings. The van der Waals surface area contributed by atoms with Crippen LogP contribution in [0, 0.1) is 0 Å². The van der Waals surface area contributed by atoms with Gasteiger partial charge in [0.25, 0.3) is 0 Å². The zero-order valence-electron chi connectivity index (χ0n) is 8.64. The van der Waals surface area contributed by atoms with Gasteiger partial charge in [-0.1, -0.05) is 0 Å². The second-order valence-corrected chi connectivity index (χ2v) is 4.40. The summed E-state index contributed by atoms with van der Waals surface area (Å²) in [6, 6.07) is 1.67. The maximum absolute atomic E-state index is 9.01. The first-order valence-corrected chi connectivity index (χ1v) is 5.82. The fraction of sp³-hybridized carbons (Fsp3) is 0.444. The third kappa shape index (κ3) is 2.54. The molecule has 2 heterocycles. The number of morpholine rings is 1. The lowest BCUT2D eigenvalue weighted by Gasteiger charge is -2.28. The molecular weight excluding hydrogens is 275 g/mol. The number of ether oxygens (including phenoxy) is 1. The lowest BCUT2D eigenvalue weighted by atomic mass is 9.82. The Labute approximate surface area is 102 Å². The molecule has 2 rings (SSSR count). The highest BCUT2D eigenvalue weighted by molar-refractivity contribution is 9.10. The molecule has 1 aliphatic heterocycles. The van der Waals surface area contributed by atoms with Gasteiger partial charge in [0.1, 0.15) is 5.82 Å². The summed E-state index contributed by atoms with van der Waals surface area (Å²) in [6.07, 6.45) is 1.47. The second-order valence-electron chi connectivity index (χ2n) is 3.55. The van der Waals surface area contributed by atoms with Crippen LogP contribution in [0.4, 0.5) is 5.82 Å². The molecule has 0 saturated carbocycles. The van der Waals surface area contributed by atoms with E-state index in [0.29, 0.717) is 18.7 Å². The number of nitrogens with zero attached hydrogens (tertiary/aromatic N) is 2. The smallest absolute Gasteiger partial charge is 0.423 e. The maximum Gasteiger partial charge on any atom is 0.490 e. The lowest BCUT2D eigenvalue weighted by Crippen LogP contribution is -2.38. The van der Waals surface area contributed by atoms with Crippen LogP contribution in [0.25, 0.3) is 0 Å². The largest absolute Gasteiger partial charge is 0.490 e. The molecule has 0 aromatic carbocycles. The standard InChI is InChI=1S/C9H12BBrN2O3/c11-8-5-7(10(14)15)6-12-9(8)13-1-3-16-4-2-13/h5-6,14-15H,1-4H2. The average Bonchev–Trinajstić information content (AvgIpc) is 2.30. The highest BCUT2D eigenvalue weighted by Gasteiger charge is 2.18. The Kier molecular flexibility index (Phi) is 3.80. The van der Waals surface area contributed by atoms with Crippen molar-refractivity contribution in [2.75, 3.05) is 31.2 Å². The molecule has 0 unspecified atom stereocenters. The molecule has 7 heteroatoms. The lowest BCUT2D eigenvalue weighted by molar-refractivity contribution is 0.122. The van der Waals surface area contributed by atoms with Crippen LogP contribution in [0.2, 0.25) is 0 Å². The van der Waals surface area contributed by atoms with Crippen LogP contribution in [-0.4, -0.2) is 48.5 Å². The Morgan fingerprint density at radius 3 is 2.62 bits per heavy atom. The maximum atomic E-state index is 9.01. The summed E-state index contributed by atoms with van der Waals surface area (Å²) in [5.41, 5.74) is 0.379. The van der Waals surface area contributed by atoms with E-state index in [1.807, 2.05) is 0 Å². The molecule has 5 nitrogen and oxygen atoms in total. The number of hydrogen-bond donors (Lipinski definition) is 2. The van der Waals surface area contributed by atoms with Crippen molar-refractivity contribution in [1.29, 1.82) is 0 Å². The number of hydrogen-bond acceptors (Lipinski definition) is 5. The monoisotopic (exact) mass is 286 g/mol. The minimum atomic E-state index is -1.48. The predicted molar refractivity (Wildman–Crippen MR) is 64.8 cm³/mol. The minimum absolute atomic E-state index is 0.379. The fourth-order valence-electron chi connectivity index (χ4n) is 1.59. The fourth-order valence-corrected chi connectivity index (χ4v) is 2.21. The van der Waals surface area contributed by atoms with Gasteiger partial charge in [0.15, 0.2) is 0 Å². The Balaban J connectivity index is 2.21. The van der Waals surface area contributed by atoms with Crippen molar-refractivity contribution in [3.63, 3.8) is 0 Å². The first-order chi connectivity index (χ1) is 7.68. The van der Waals surface area contributed by atoms with Gasteiger partial charge in [0.2, 0.25) is 0 Å². The Bertz CT molecular complexity index is 372. The number of aromatic nitrogens is 1. The van der Waals surface area contributed by atoms with Crippen LogP contribution in [0.3, 0.4) is 0 Å². The van der Waals surface area contributed by atoms with Crippen molar-refractivity contribution in [3.05, 3.63) is 16.7 Å². The zero-order valence-corrected chi connectivity index (χ0v) is 10.2. The number of halogens is 1. The molecule has 0 amide bonds. The van der Waals surface area contributed by atoms with Gasteiger partial charge in [-0.2, -0.15) is 0 Å². The Hall–Kier alpha value is -0.625. The third-order valence-electron chi connectivity index (χ3n) is 2.45. The summed E-state index contributed by atoms with van der Waals surface area (Å²) in [6.45, 7) is 2.98. The Morgan fingerprint density at radius 1 is 1.38 bits per heavy atom. The van der Waals surface area contributed by atoms with E-state index in [0.717, 1.165) is 23.4 Å². The number of anilines is 1. The Morgan fingerprint density at radius 2 is 2.06 bits per heavy atom. The van der Waals surface area contributed by atoms with Gasteiger partial charge in [-0.3, -0.25) is 0 Å².